The van der Waals surface area contributed by atoms with Crippen LogP contribution in [0.5, 0.6) is 0 Å². The molecule has 1 N–H and O–H groups in total. The molecule has 0 saturated carbocycles. The Kier molecular flexibility index (Phi) is 3.96. The van der Waals surface area contributed by atoms with Crippen molar-refractivity contribution in [1.29, 1.82) is 0 Å². The van der Waals surface area contributed by atoms with Gasteiger partial charge in [-0.3, -0.25) is 14.4 Å². The molecule has 0 bridgehead atoms. The van der Waals surface area contributed by atoms with Crippen molar-refractivity contribution in [1.82, 2.24) is 9.80 Å². The van der Waals surface area contributed by atoms with Crippen LogP contribution in [0.1, 0.15) is 0 Å². The fraction of sp³-hybridized carbons (Fsp3) is 0.625. The molecule has 0 spiro atoms. The van der Waals surface area contributed by atoms with Crippen LogP contribution in [-0.2, 0) is 14.4 Å². The summed E-state index contributed by atoms with van der Waals surface area (Å²) in [6.45, 7) is -0.371. The average molecular weight is 232 g/mol. The van der Waals surface area contributed by atoms with Gasteiger partial charge in [0.05, 0.1) is 11.6 Å². The lowest BCUT2D eigenvalue weighted by molar-refractivity contribution is -0.144. The third kappa shape index (κ3) is 3.43. The quantitative estimate of drug-likeness (QED) is 0.677. The van der Waals surface area contributed by atoms with Gasteiger partial charge >= 0.3 is 5.97 Å². The third-order valence-electron chi connectivity index (χ3n) is 1.95. The molecule has 0 aliphatic carbocycles. The van der Waals surface area contributed by atoms with E-state index < -0.39 is 5.97 Å². The van der Waals surface area contributed by atoms with E-state index in [2.05, 4.69) is 0 Å². The van der Waals surface area contributed by atoms with Crippen LogP contribution >= 0.6 is 11.8 Å². The summed E-state index contributed by atoms with van der Waals surface area (Å²) in [4.78, 5) is 35.5. The van der Waals surface area contributed by atoms with E-state index in [0.29, 0.717) is 11.6 Å². The molecule has 1 rings (SSSR count). The molecular weight excluding hydrogens is 220 g/mol. The van der Waals surface area contributed by atoms with E-state index in [1.807, 2.05) is 0 Å². The number of hydrogen-bond donors (Lipinski definition) is 1. The Bertz CT molecular complexity index is 294. The summed E-state index contributed by atoms with van der Waals surface area (Å²) in [7, 11) is 1.41. The zero-order chi connectivity index (χ0) is 11.4. The Balaban J connectivity index is 2.40. The van der Waals surface area contributed by atoms with Crippen LogP contribution in [0.2, 0.25) is 0 Å². The molecule has 2 amide bonds. The van der Waals surface area contributed by atoms with E-state index in [0.717, 1.165) is 4.90 Å². The van der Waals surface area contributed by atoms with Crippen LogP contribution in [0.3, 0.4) is 0 Å². The second-order valence-electron chi connectivity index (χ2n) is 3.21. The van der Waals surface area contributed by atoms with E-state index in [4.69, 9.17) is 5.11 Å². The number of amides is 2. The van der Waals surface area contributed by atoms with Crippen molar-refractivity contribution in [3.8, 4) is 0 Å². The summed E-state index contributed by atoms with van der Waals surface area (Å²) < 4.78 is 0. The molecule has 1 heterocycles. The Hall–Kier alpha value is -1.24. The topological polar surface area (TPSA) is 77.9 Å². The molecule has 0 radical (unpaired) electrons. The number of carboxylic acid groups (broad SMARTS) is 1. The number of nitrogens with zero attached hydrogens (tertiary/aromatic N) is 2. The first-order chi connectivity index (χ1) is 7.00. The number of aliphatic carboxylic acids is 1. The fourth-order valence-electron chi connectivity index (χ4n) is 1.12. The Morgan fingerprint density at radius 3 is 2.73 bits per heavy atom. The van der Waals surface area contributed by atoms with Gasteiger partial charge in [0, 0.05) is 7.05 Å². The lowest BCUT2D eigenvalue weighted by Gasteiger charge is -2.19. The van der Waals surface area contributed by atoms with Gasteiger partial charge in [0.1, 0.15) is 13.1 Å². The molecule has 0 aromatic carbocycles. The first-order valence-electron chi connectivity index (χ1n) is 4.32. The summed E-state index contributed by atoms with van der Waals surface area (Å²) in [5.74, 6) is -0.584. The Labute approximate surface area is 91.2 Å². The summed E-state index contributed by atoms with van der Waals surface area (Å²) in [6, 6.07) is 0. The lowest BCUT2D eigenvalue weighted by Crippen LogP contribution is -2.41. The number of carbonyl (C=O) groups is 3. The monoisotopic (exact) mass is 232 g/mol. The summed E-state index contributed by atoms with van der Waals surface area (Å²) in [5, 5.41) is 8.47. The predicted molar refractivity (Wildman–Crippen MR) is 54.3 cm³/mol. The normalized spacial score (nSPS) is 15.5. The second-order valence-corrected chi connectivity index (χ2v) is 4.17. The van der Waals surface area contributed by atoms with E-state index >= 15 is 0 Å². The maximum absolute atomic E-state index is 11.4. The molecule has 84 valence electrons. The van der Waals surface area contributed by atoms with Gasteiger partial charge in [0.25, 0.3) is 0 Å². The molecule has 0 atom stereocenters. The van der Waals surface area contributed by atoms with Crippen molar-refractivity contribution in [2.24, 2.45) is 0 Å². The minimum Gasteiger partial charge on any atom is -0.480 e. The molecule has 0 aromatic heterocycles. The van der Waals surface area contributed by atoms with Crippen molar-refractivity contribution in [3.05, 3.63) is 0 Å². The van der Waals surface area contributed by atoms with Crippen molar-refractivity contribution >= 4 is 29.5 Å². The molecule has 0 aromatic rings. The van der Waals surface area contributed by atoms with Crippen LogP contribution < -0.4 is 0 Å². The fourth-order valence-corrected chi connectivity index (χ4v) is 2.02. The molecule has 1 fully saturated rings. The molecule has 1 aliphatic rings. The molecular formula is C8H12N2O4S. The van der Waals surface area contributed by atoms with Crippen molar-refractivity contribution in [2.45, 2.75) is 0 Å². The number of hydrogen-bond acceptors (Lipinski definition) is 4. The van der Waals surface area contributed by atoms with Crippen LogP contribution in [-0.4, -0.2) is 64.5 Å². The van der Waals surface area contributed by atoms with Crippen LogP contribution in [0.15, 0.2) is 0 Å². The van der Waals surface area contributed by atoms with Crippen LogP contribution in [0.25, 0.3) is 0 Å². The smallest absolute Gasteiger partial charge is 0.323 e. The van der Waals surface area contributed by atoms with Crippen molar-refractivity contribution in [2.75, 3.05) is 31.8 Å². The standard InChI is InChI=1S/C8H12N2O4S/c1-9(3-8(13)14)6(11)2-10-5-15-4-7(10)12/h2-5H2,1H3,(H,13,14). The van der Waals surface area contributed by atoms with E-state index in [1.165, 1.54) is 23.7 Å². The molecule has 1 saturated heterocycles. The molecule has 1 aliphatic heterocycles. The first-order valence-corrected chi connectivity index (χ1v) is 5.47. The number of rotatable bonds is 4. The summed E-state index contributed by atoms with van der Waals surface area (Å²) in [6.07, 6.45) is 0. The van der Waals surface area contributed by atoms with Gasteiger partial charge in [-0.25, -0.2) is 0 Å². The maximum Gasteiger partial charge on any atom is 0.323 e. The zero-order valence-electron chi connectivity index (χ0n) is 8.30. The van der Waals surface area contributed by atoms with Crippen LogP contribution in [0, 0.1) is 0 Å². The number of thioether (sulfide) groups is 1. The van der Waals surface area contributed by atoms with Gasteiger partial charge in [-0.05, 0) is 0 Å². The molecule has 15 heavy (non-hydrogen) atoms. The molecule has 6 nitrogen and oxygen atoms in total. The summed E-state index contributed by atoms with van der Waals surface area (Å²) >= 11 is 1.45. The average Bonchev–Trinajstić information content (AvgIpc) is 2.50. The van der Waals surface area contributed by atoms with Gasteiger partial charge in [-0.2, -0.15) is 0 Å². The number of carbonyl (C=O) groups excluding carboxylic acids is 2. The molecule has 0 unspecified atom stereocenters. The van der Waals surface area contributed by atoms with Crippen LogP contribution in [0.4, 0.5) is 0 Å². The third-order valence-corrected chi connectivity index (χ3v) is 2.89. The minimum absolute atomic E-state index is 0.0321. The SMILES string of the molecule is CN(CC(=O)O)C(=O)CN1CSCC1=O. The highest BCUT2D eigenvalue weighted by Crippen LogP contribution is 2.14. The number of carboxylic acids is 1. The zero-order valence-corrected chi connectivity index (χ0v) is 9.12. The van der Waals surface area contributed by atoms with Gasteiger partial charge < -0.3 is 14.9 Å². The number of likely N-dealkylation sites (N-methyl/N-ethyl adjacent to an activating group) is 1. The Morgan fingerprint density at radius 1 is 1.60 bits per heavy atom. The van der Waals surface area contributed by atoms with E-state index in [9.17, 15) is 14.4 Å². The highest BCUT2D eigenvalue weighted by Gasteiger charge is 2.24. The highest BCUT2D eigenvalue weighted by molar-refractivity contribution is 8.00. The van der Waals surface area contributed by atoms with Gasteiger partial charge in [0.2, 0.25) is 11.8 Å². The van der Waals surface area contributed by atoms with E-state index in [-0.39, 0.29) is 24.9 Å². The van der Waals surface area contributed by atoms with Gasteiger partial charge in [-0.1, -0.05) is 0 Å². The summed E-state index contributed by atoms with van der Waals surface area (Å²) in [5.41, 5.74) is 0. The second kappa shape index (κ2) is 5.01. The highest BCUT2D eigenvalue weighted by atomic mass is 32.2. The van der Waals surface area contributed by atoms with Gasteiger partial charge in [0.15, 0.2) is 0 Å². The maximum atomic E-state index is 11.4. The first kappa shape index (κ1) is 11.8. The largest absolute Gasteiger partial charge is 0.480 e. The minimum atomic E-state index is -1.06. The van der Waals surface area contributed by atoms with Gasteiger partial charge in [-0.15, -0.1) is 11.8 Å². The van der Waals surface area contributed by atoms with E-state index in [1.54, 1.807) is 0 Å². The predicted octanol–water partition coefficient (Wildman–Crippen LogP) is -0.938. The van der Waals surface area contributed by atoms with Crippen molar-refractivity contribution < 1.29 is 19.5 Å². The molecule has 7 heteroatoms. The lowest BCUT2D eigenvalue weighted by atomic mass is 10.4. The Morgan fingerprint density at radius 2 is 2.27 bits per heavy atom. The van der Waals surface area contributed by atoms with Crippen molar-refractivity contribution in [3.63, 3.8) is 0 Å².